The number of para-hydroxylation sites is 1. The summed E-state index contributed by atoms with van der Waals surface area (Å²) in [5.41, 5.74) is 0. The van der Waals surface area contributed by atoms with E-state index in [1.165, 1.54) is 0 Å². The SMILES string of the molecule is CN(C[C@H](O)COc1ccccc1)C[C@@H]1CCCN1c1cccnn1. The fourth-order valence-electron chi connectivity index (χ4n) is 3.33. The summed E-state index contributed by atoms with van der Waals surface area (Å²) in [6, 6.07) is 13.9. The van der Waals surface area contributed by atoms with Gasteiger partial charge in [-0.25, -0.2) is 0 Å². The molecular weight excluding hydrogens is 316 g/mol. The highest BCUT2D eigenvalue weighted by atomic mass is 16.5. The van der Waals surface area contributed by atoms with E-state index in [0.717, 1.165) is 37.5 Å². The second-order valence-corrected chi connectivity index (χ2v) is 6.57. The molecule has 3 rings (SSSR count). The second kappa shape index (κ2) is 8.78. The van der Waals surface area contributed by atoms with E-state index in [9.17, 15) is 5.11 Å². The smallest absolute Gasteiger partial charge is 0.151 e. The summed E-state index contributed by atoms with van der Waals surface area (Å²) in [5, 5.41) is 18.4. The molecule has 25 heavy (non-hydrogen) atoms. The van der Waals surface area contributed by atoms with Crippen LogP contribution in [0.15, 0.2) is 48.7 Å². The van der Waals surface area contributed by atoms with Gasteiger partial charge in [0.05, 0.1) is 0 Å². The Kier molecular flexibility index (Phi) is 6.19. The second-order valence-electron chi connectivity index (χ2n) is 6.57. The fourth-order valence-corrected chi connectivity index (χ4v) is 3.33. The summed E-state index contributed by atoms with van der Waals surface area (Å²) < 4.78 is 5.62. The summed E-state index contributed by atoms with van der Waals surface area (Å²) in [7, 11) is 2.04. The Hall–Kier alpha value is -2.18. The number of benzene rings is 1. The number of hydrogen-bond acceptors (Lipinski definition) is 6. The van der Waals surface area contributed by atoms with Gasteiger partial charge in [-0.2, -0.15) is 5.10 Å². The van der Waals surface area contributed by atoms with Crippen LogP contribution in [-0.2, 0) is 0 Å². The van der Waals surface area contributed by atoms with Crippen LogP contribution in [0.2, 0.25) is 0 Å². The molecule has 1 N–H and O–H groups in total. The molecule has 0 bridgehead atoms. The average Bonchev–Trinajstić information content (AvgIpc) is 3.09. The molecule has 0 spiro atoms. The van der Waals surface area contributed by atoms with Crippen molar-refractivity contribution in [2.24, 2.45) is 0 Å². The molecule has 134 valence electrons. The number of hydrogen-bond donors (Lipinski definition) is 1. The Balaban J connectivity index is 1.46. The van der Waals surface area contributed by atoms with E-state index in [0.29, 0.717) is 19.2 Å². The van der Waals surface area contributed by atoms with Crippen LogP contribution >= 0.6 is 0 Å². The van der Waals surface area contributed by atoms with Crippen molar-refractivity contribution < 1.29 is 9.84 Å². The van der Waals surface area contributed by atoms with E-state index >= 15 is 0 Å². The Labute approximate surface area is 149 Å². The molecular formula is C19H26N4O2. The van der Waals surface area contributed by atoms with Crippen LogP contribution in [0.5, 0.6) is 5.75 Å². The summed E-state index contributed by atoms with van der Waals surface area (Å²) >= 11 is 0. The van der Waals surface area contributed by atoms with Crippen molar-refractivity contribution in [1.82, 2.24) is 15.1 Å². The molecule has 6 heteroatoms. The quantitative estimate of drug-likeness (QED) is 0.790. The molecule has 1 fully saturated rings. The van der Waals surface area contributed by atoms with Gasteiger partial charge in [-0.05, 0) is 44.2 Å². The fraction of sp³-hybridized carbons (Fsp3) is 0.474. The Morgan fingerprint density at radius 2 is 2.12 bits per heavy atom. The number of aromatic nitrogens is 2. The number of rotatable bonds is 8. The predicted molar refractivity (Wildman–Crippen MR) is 97.8 cm³/mol. The monoisotopic (exact) mass is 342 g/mol. The first-order chi connectivity index (χ1) is 12.2. The molecule has 1 aromatic carbocycles. The molecule has 2 atom stereocenters. The lowest BCUT2D eigenvalue weighted by atomic mass is 10.2. The van der Waals surface area contributed by atoms with Gasteiger partial charge >= 0.3 is 0 Å². The van der Waals surface area contributed by atoms with Gasteiger partial charge in [0.15, 0.2) is 5.82 Å². The maximum Gasteiger partial charge on any atom is 0.151 e. The average molecular weight is 342 g/mol. The van der Waals surface area contributed by atoms with Gasteiger partial charge in [0.25, 0.3) is 0 Å². The van der Waals surface area contributed by atoms with Crippen molar-refractivity contribution in [3.8, 4) is 5.75 Å². The summed E-state index contributed by atoms with van der Waals surface area (Å²) in [5.74, 6) is 1.72. The van der Waals surface area contributed by atoms with Gasteiger partial charge in [-0.15, -0.1) is 5.10 Å². The van der Waals surface area contributed by atoms with Crippen molar-refractivity contribution in [3.05, 3.63) is 48.7 Å². The molecule has 1 aliphatic heterocycles. The first-order valence-electron chi connectivity index (χ1n) is 8.81. The number of nitrogens with zero attached hydrogens (tertiary/aromatic N) is 4. The maximum absolute atomic E-state index is 10.2. The molecule has 2 heterocycles. The summed E-state index contributed by atoms with van der Waals surface area (Å²) in [6.07, 6.45) is 3.48. The van der Waals surface area contributed by atoms with E-state index in [1.54, 1.807) is 6.20 Å². The minimum atomic E-state index is -0.517. The third-order valence-corrected chi connectivity index (χ3v) is 4.46. The van der Waals surface area contributed by atoms with Crippen molar-refractivity contribution in [2.75, 3.05) is 38.2 Å². The van der Waals surface area contributed by atoms with E-state index in [2.05, 4.69) is 20.0 Å². The van der Waals surface area contributed by atoms with E-state index < -0.39 is 6.10 Å². The highest BCUT2D eigenvalue weighted by Gasteiger charge is 2.27. The minimum Gasteiger partial charge on any atom is -0.491 e. The Bertz CT molecular complexity index is 626. The normalized spacial score (nSPS) is 18.5. The largest absolute Gasteiger partial charge is 0.491 e. The Morgan fingerprint density at radius 3 is 2.88 bits per heavy atom. The topological polar surface area (TPSA) is 61.7 Å². The van der Waals surface area contributed by atoms with Gasteiger partial charge in [0, 0.05) is 31.9 Å². The van der Waals surface area contributed by atoms with Crippen LogP contribution in [0.1, 0.15) is 12.8 Å². The number of anilines is 1. The first-order valence-corrected chi connectivity index (χ1v) is 8.81. The van der Waals surface area contributed by atoms with Crippen molar-refractivity contribution in [2.45, 2.75) is 25.0 Å². The van der Waals surface area contributed by atoms with Gasteiger partial charge in [-0.1, -0.05) is 18.2 Å². The van der Waals surface area contributed by atoms with Gasteiger partial charge in [0.2, 0.25) is 0 Å². The van der Waals surface area contributed by atoms with Crippen LogP contribution < -0.4 is 9.64 Å². The van der Waals surface area contributed by atoms with Crippen LogP contribution in [-0.4, -0.2) is 65.6 Å². The van der Waals surface area contributed by atoms with Crippen LogP contribution in [0.25, 0.3) is 0 Å². The molecule has 1 aliphatic rings. The van der Waals surface area contributed by atoms with Gasteiger partial charge in [0.1, 0.15) is 18.5 Å². The van der Waals surface area contributed by atoms with Crippen LogP contribution in [0.3, 0.4) is 0 Å². The number of aliphatic hydroxyl groups excluding tert-OH is 1. The molecule has 0 amide bonds. The van der Waals surface area contributed by atoms with Crippen molar-refractivity contribution in [3.63, 3.8) is 0 Å². The maximum atomic E-state index is 10.2. The van der Waals surface area contributed by atoms with Crippen LogP contribution in [0, 0.1) is 0 Å². The number of ether oxygens (including phenoxy) is 1. The van der Waals surface area contributed by atoms with E-state index in [4.69, 9.17) is 4.74 Å². The van der Waals surface area contributed by atoms with Gasteiger partial charge in [-0.3, -0.25) is 0 Å². The lowest BCUT2D eigenvalue weighted by Crippen LogP contribution is -2.42. The molecule has 6 nitrogen and oxygen atoms in total. The molecule has 1 aromatic heterocycles. The zero-order valence-corrected chi connectivity index (χ0v) is 14.7. The van der Waals surface area contributed by atoms with Crippen molar-refractivity contribution >= 4 is 5.82 Å². The zero-order valence-electron chi connectivity index (χ0n) is 14.7. The zero-order chi connectivity index (χ0) is 17.5. The molecule has 2 aromatic rings. The summed E-state index contributed by atoms with van der Waals surface area (Å²) in [6.45, 7) is 2.78. The molecule has 0 radical (unpaired) electrons. The number of likely N-dealkylation sites (N-methyl/N-ethyl adjacent to an activating group) is 1. The lowest BCUT2D eigenvalue weighted by molar-refractivity contribution is 0.0748. The molecule has 1 saturated heterocycles. The molecule has 0 unspecified atom stereocenters. The lowest BCUT2D eigenvalue weighted by Gasteiger charge is -2.30. The molecule has 0 aliphatic carbocycles. The van der Waals surface area contributed by atoms with Gasteiger partial charge < -0.3 is 19.6 Å². The number of aliphatic hydroxyl groups is 1. The first kappa shape index (κ1) is 17.6. The summed E-state index contributed by atoms with van der Waals surface area (Å²) in [4.78, 5) is 4.48. The van der Waals surface area contributed by atoms with E-state index in [-0.39, 0.29) is 0 Å². The predicted octanol–water partition coefficient (Wildman–Crippen LogP) is 1.82. The highest BCUT2D eigenvalue weighted by Crippen LogP contribution is 2.23. The van der Waals surface area contributed by atoms with Crippen molar-refractivity contribution in [1.29, 1.82) is 0 Å². The Morgan fingerprint density at radius 1 is 1.28 bits per heavy atom. The third-order valence-electron chi connectivity index (χ3n) is 4.46. The minimum absolute atomic E-state index is 0.299. The molecule has 0 saturated carbocycles. The highest BCUT2D eigenvalue weighted by molar-refractivity contribution is 5.39. The standard InChI is InChI=1S/C19H26N4O2/c1-22(14-17(24)15-25-18-8-3-2-4-9-18)13-16-7-6-12-23(16)19-10-5-11-20-21-19/h2-5,8-11,16-17,24H,6-7,12-15H2,1H3/t16-,17-/m0/s1. The van der Waals surface area contributed by atoms with E-state index in [1.807, 2.05) is 49.5 Å². The van der Waals surface area contributed by atoms with Crippen LogP contribution in [0.4, 0.5) is 5.82 Å². The third kappa shape index (κ3) is 5.14.